The number of halogens is 3. The van der Waals surface area contributed by atoms with Crippen LogP contribution in [-0.4, -0.2) is 14.2 Å². The molecule has 0 atom stereocenters. The van der Waals surface area contributed by atoms with Crippen LogP contribution >= 0.6 is 0 Å². The van der Waals surface area contributed by atoms with Crippen molar-refractivity contribution >= 4 is 18.9 Å². The van der Waals surface area contributed by atoms with Crippen molar-refractivity contribution in [1.29, 1.82) is 0 Å². The van der Waals surface area contributed by atoms with Crippen LogP contribution in [0.3, 0.4) is 0 Å². The first-order valence-electron chi connectivity index (χ1n) is 6.41. The van der Waals surface area contributed by atoms with Gasteiger partial charge in [0.2, 0.25) is 0 Å². The van der Waals surface area contributed by atoms with Gasteiger partial charge in [0, 0.05) is 23.8 Å². The smallest absolute Gasteiger partial charge is 0.328 e. The summed E-state index contributed by atoms with van der Waals surface area (Å²) in [6, 6.07) is 20.8. The first kappa shape index (κ1) is 15.0. The van der Waals surface area contributed by atoms with Crippen LogP contribution in [0.4, 0.5) is 24.3 Å². The highest BCUT2D eigenvalue weighted by molar-refractivity contribution is 6.33. The summed E-state index contributed by atoms with van der Waals surface area (Å²) in [5, 5.41) is 0. The number of rotatable bonds is 2. The zero-order valence-electron chi connectivity index (χ0n) is 11.2. The molecule has 0 N–H and O–H groups in total. The Kier molecular flexibility index (Phi) is 5.32. The van der Waals surface area contributed by atoms with Crippen molar-refractivity contribution in [3.05, 3.63) is 73.1 Å². The Hall–Kier alpha value is -2.37. The van der Waals surface area contributed by atoms with Gasteiger partial charge in [-0.3, -0.25) is 12.9 Å². The van der Waals surface area contributed by atoms with Crippen molar-refractivity contribution in [2.45, 2.75) is 0 Å². The van der Waals surface area contributed by atoms with Crippen LogP contribution in [-0.2, 0) is 0 Å². The Balaban J connectivity index is 0.000000361. The summed E-state index contributed by atoms with van der Waals surface area (Å²) in [4.78, 5) is 4.46. The predicted molar refractivity (Wildman–Crippen MR) is 80.9 cm³/mol. The molecule has 0 bridgehead atoms. The molecule has 1 aliphatic heterocycles. The first-order valence-corrected chi connectivity index (χ1v) is 6.41. The molecule has 3 rings (SSSR count). The average Bonchev–Trinajstić information content (AvgIpc) is 2.98. The van der Waals surface area contributed by atoms with Gasteiger partial charge in [-0.15, -0.1) is 0 Å². The van der Waals surface area contributed by atoms with Gasteiger partial charge >= 0.3 is 7.54 Å². The lowest BCUT2D eigenvalue weighted by Crippen LogP contribution is -2.24. The summed E-state index contributed by atoms with van der Waals surface area (Å²) in [5.41, 5.74) is 2.45. The van der Waals surface area contributed by atoms with E-state index in [1.807, 2.05) is 12.1 Å². The van der Waals surface area contributed by atoms with E-state index in [2.05, 4.69) is 70.7 Å². The van der Waals surface area contributed by atoms with E-state index in [-0.39, 0.29) is 0 Å². The van der Waals surface area contributed by atoms with Crippen molar-refractivity contribution in [2.75, 3.05) is 16.5 Å². The molecule has 108 valence electrons. The number of hydrogen-bond donors (Lipinski definition) is 0. The molecule has 6 heteroatoms. The summed E-state index contributed by atoms with van der Waals surface area (Å²) in [6.07, 6.45) is 4.23. The maximum absolute atomic E-state index is 9.67. The van der Waals surface area contributed by atoms with Crippen molar-refractivity contribution < 1.29 is 12.9 Å². The van der Waals surface area contributed by atoms with E-state index in [9.17, 15) is 12.9 Å². The van der Waals surface area contributed by atoms with Crippen LogP contribution in [0, 0.1) is 0 Å². The van der Waals surface area contributed by atoms with Gasteiger partial charge in [0.25, 0.3) is 0 Å². The minimum atomic E-state index is -3.67. The lowest BCUT2D eigenvalue weighted by Gasteiger charge is -2.21. The van der Waals surface area contributed by atoms with Crippen LogP contribution in [0.2, 0.25) is 0 Å². The van der Waals surface area contributed by atoms with E-state index < -0.39 is 7.54 Å². The molecule has 0 fully saturated rings. The number of anilines is 2. The van der Waals surface area contributed by atoms with Crippen molar-refractivity contribution in [3.63, 3.8) is 0 Å². The fourth-order valence-electron chi connectivity index (χ4n) is 1.99. The van der Waals surface area contributed by atoms with Gasteiger partial charge in [-0.1, -0.05) is 36.4 Å². The fourth-order valence-corrected chi connectivity index (χ4v) is 1.99. The SMILES string of the molecule is C1=CN(c2ccccc2)CN1c1ccccc1.FB(F)F. The van der Waals surface area contributed by atoms with Gasteiger partial charge < -0.3 is 9.80 Å². The molecule has 0 spiro atoms. The van der Waals surface area contributed by atoms with Crippen LogP contribution in [0.15, 0.2) is 73.1 Å². The van der Waals surface area contributed by atoms with Gasteiger partial charge in [-0.25, -0.2) is 0 Å². The molecule has 0 aliphatic carbocycles. The number of hydrogen-bond acceptors (Lipinski definition) is 2. The summed E-state index contributed by atoms with van der Waals surface area (Å²) in [5.74, 6) is 0. The number of nitrogens with zero attached hydrogens (tertiary/aromatic N) is 2. The van der Waals surface area contributed by atoms with E-state index in [4.69, 9.17) is 0 Å². The Labute approximate surface area is 122 Å². The third-order valence-corrected chi connectivity index (χ3v) is 2.91. The minimum absolute atomic E-state index is 0.869. The van der Waals surface area contributed by atoms with E-state index in [1.165, 1.54) is 11.4 Å². The standard InChI is InChI=1S/C15H14N2.BF3/c1-3-7-14(8-4-1)16-11-12-17(13-16)15-9-5-2-6-10-15;2-1(3)4/h1-12H,13H2;. The van der Waals surface area contributed by atoms with Gasteiger partial charge in [0.1, 0.15) is 0 Å². The topological polar surface area (TPSA) is 6.48 Å². The Morgan fingerprint density at radius 3 is 1.33 bits per heavy atom. The molecule has 2 aromatic rings. The maximum Gasteiger partial charge on any atom is 0.762 e. The molecular formula is C15H14BF3N2. The number of benzene rings is 2. The number of para-hydroxylation sites is 2. The van der Waals surface area contributed by atoms with E-state index >= 15 is 0 Å². The highest BCUT2D eigenvalue weighted by atomic mass is 19.4. The maximum atomic E-state index is 9.67. The van der Waals surface area contributed by atoms with Crippen molar-refractivity contribution in [3.8, 4) is 0 Å². The quantitative estimate of drug-likeness (QED) is 0.760. The second-order valence-electron chi connectivity index (χ2n) is 4.30. The Bertz CT molecular complexity index is 513. The van der Waals surface area contributed by atoms with Crippen LogP contribution < -0.4 is 9.80 Å². The highest BCUT2D eigenvalue weighted by Gasteiger charge is 2.14. The van der Waals surface area contributed by atoms with E-state index in [1.54, 1.807) is 0 Å². The molecule has 0 radical (unpaired) electrons. The molecule has 1 heterocycles. The van der Waals surface area contributed by atoms with E-state index in [0.29, 0.717) is 0 Å². The lowest BCUT2D eigenvalue weighted by atomic mass is 10.3. The third-order valence-electron chi connectivity index (χ3n) is 2.91. The molecule has 2 nitrogen and oxygen atoms in total. The fraction of sp³-hybridized carbons (Fsp3) is 0.0667. The first-order chi connectivity index (χ1) is 10.2. The predicted octanol–water partition coefficient (Wildman–Crippen LogP) is 4.32. The van der Waals surface area contributed by atoms with Gasteiger partial charge in [0.15, 0.2) is 0 Å². The lowest BCUT2D eigenvalue weighted by molar-refractivity contribution is 0.535. The molecule has 0 saturated carbocycles. The van der Waals surface area contributed by atoms with Crippen LogP contribution in [0.5, 0.6) is 0 Å². The van der Waals surface area contributed by atoms with E-state index in [0.717, 1.165) is 6.67 Å². The highest BCUT2D eigenvalue weighted by Crippen LogP contribution is 2.23. The normalized spacial score (nSPS) is 12.9. The second kappa shape index (κ2) is 7.43. The molecular weight excluding hydrogens is 276 g/mol. The van der Waals surface area contributed by atoms with Crippen molar-refractivity contribution in [1.82, 2.24) is 0 Å². The minimum Gasteiger partial charge on any atom is -0.328 e. The summed E-state index contributed by atoms with van der Waals surface area (Å²) in [7, 11) is -3.67. The molecule has 0 aromatic heterocycles. The van der Waals surface area contributed by atoms with Crippen LogP contribution in [0.25, 0.3) is 0 Å². The second-order valence-corrected chi connectivity index (χ2v) is 4.30. The zero-order chi connectivity index (χ0) is 15.1. The molecule has 0 saturated heterocycles. The van der Waals surface area contributed by atoms with Gasteiger partial charge in [0.05, 0.1) is 6.67 Å². The van der Waals surface area contributed by atoms with Gasteiger partial charge in [-0.05, 0) is 24.3 Å². The molecule has 2 aromatic carbocycles. The molecule has 1 aliphatic rings. The summed E-state index contributed by atoms with van der Waals surface area (Å²) < 4.78 is 29.0. The van der Waals surface area contributed by atoms with Crippen LogP contribution in [0.1, 0.15) is 0 Å². The Morgan fingerprint density at radius 1 is 0.667 bits per heavy atom. The molecule has 0 amide bonds. The van der Waals surface area contributed by atoms with Gasteiger partial charge in [-0.2, -0.15) is 0 Å². The average molecular weight is 290 g/mol. The molecule has 0 unspecified atom stereocenters. The third kappa shape index (κ3) is 4.59. The largest absolute Gasteiger partial charge is 0.762 e. The monoisotopic (exact) mass is 290 g/mol. The summed E-state index contributed by atoms with van der Waals surface area (Å²) in [6.45, 7) is 0.869. The Morgan fingerprint density at radius 2 is 1.00 bits per heavy atom. The molecule has 21 heavy (non-hydrogen) atoms. The zero-order valence-corrected chi connectivity index (χ0v) is 11.2. The summed E-state index contributed by atoms with van der Waals surface area (Å²) >= 11 is 0. The van der Waals surface area contributed by atoms with Crippen molar-refractivity contribution in [2.24, 2.45) is 0 Å².